The summed E-state index contributed by atoms with van der Waals surface area (Å²) in [5.74, 6) is 0. The Kier molecular flexibility index (Phi) is 4.39. The van der Waals surface area contributed by atoms with Gasteiger partial charge in [-0.25, -0.2) is 8.78 Å². The Morgan fingerprint density at radius 1 is 1.37 bits per heavy atom. The molecule has 1 aromatic carbocycles. The van der Waals surface area contributed by atoms with Gasteiger partial charge in [-0.2, -0.15) is 0 Å². The molecule has 0 aliphatic rings. The molecule has 1 aromatic heterocycles. The molecule has 0 unspecified atom stereocenters. The first-order valence-corrected chi connectivity index (χ1v) is 6.08. The zero-order valence-corrected chi connectivity index (χ0v) is 10.8. The van der Waals surface area contributed by atoms with Crippen molar-refractivity contribution in [1.29, 1.82) is 0 Å². The van der Waals surface area contributed by atoms with Crippen molar-refractivity contribution >= 4 is 23.1 Å². The number of benzene rings is 1. The summed E-state index contributed by atoms with van der Waals surface area (Å²) in [5.41, 5.74) is 0.405. The highest BCUT2D eigenvalue weighted by Crippen LogP contribution is 2.05. The van der Waals surface area contributed by atoms with E-state index in [1.807, 2.05) is 0 Å². The average molecular weight is 286 g/mol. The van der Waals surface area contributed by atoms with Gasteiger partial charge in [0.15, 0.2) is 4.77 Å². The second-order valence-corrected chi connectivity index (χ2v) is 4.29. The van der Waals surface area contributed by atoms with E-state index in [-0.39, 0.29) is 23.5 Å². The van der Waals surface area contributed by atoms with E-state index in [1.165, 1.54) is 4.57 Å². The van der Waals surface area contributed by atoms with Gasteiger partial charge in [-0.1, -0.05) is 12.1 Å². The lowest BCUT2D eigenvalue weighted by atomic mass is 10.2. The van der Waals surface area contributed by atoms with Gasteiger partial charge in [-0.3, -0.25) is 9.36 Å². The summed E-state index contributed by atoms with van der Waals surface area (Å²) in [6.45, 7) is -0.482. The minimum atomic E-state index is -2.51. The van der Waals surface area contributed by atoms with Crippen LogP contribution in [0.4, 0.5) is 8.78 Å². The number of alkyl halides is 2. The Balaban J connectivity index is 2.24. The van der Waals surface area contributed by atoms with Gasteiger partial charge in [0.1, 0.15) is 6.61 Å². The maximum absolute atomic E-state index is 12.1. The first kappa shape index (κ1) is 13.8. The third kappa shape index (κ3) is 3.24. The number of nitrogens with one attached hydrogen (secondary N) is 1. The number of aromatic nitrogens is 2. The molecule has 2 aromatic rings. The van der Waals surface area contributed by atoms with E-state index in [9.17, 15) is 13.6 Å². The minimum Gasteiger partial charge on any atom is -0.374 e. The molecule has 0 radical (unpaired) electrons. The van der Waals surface area contributed by atoms with Crippen LogP contribution in [0.1, 0.15) is 0 Å². The fourth-order valence-electron chi connectivity index (χ4n) is 1.73. The standard InChI is InChI=1S/C12H12F2N2O2S/c13-10(14)7-18-6-5-16-11(17)8-3-1-2-4-9(8)15-12(16)19/h1-4,10H,5-7H2,(H,15,19). The summed E-state index contributed by atoms with van der Waals surface area (Å²) in [5, 5.41) is 0.505. The highest BCUT2D eigenvalue weighted by Gasteiger charge is 2.06. The van der Waals surface area contributed by atoms with Gasteiger partial charge < -0.3 is 9.72 Å². The Morgan fingerprint density at radius 3 is 2.84 bits per heavy atom. The molecule has 7 heteroatoms. The van der Waals surface area contributed by atoms with Crippen molar-refractivity contribution in [3.05, 3.63) is 39.4 Å². The summed E-state index contributed by atoms with van der Waals surface area (Å²) >= 11 is 5.07. The number of para-hydroxylation sites is 1. The lowest BCUT2D eigenvalue weighted by molar-refractivity contribution is 0.0144. The van der Waals surface area contributed by atoms with E-state index in [2.05, 4.69) is 4.98 Å². The molecule has 1 N–H and O–H groups in total. The average Bonchev–Trinajstić information content (AvgIpc) is 2.37. The van der Waals surface area contributed by atoms with Crippen LogP contribution in [0, 0.1) is 4.77 Å². The third-order valence-electron chi connectivity index (χ3n) is 2.59. The number of hydrogen-bond donors (Lipinski definition) is 1. The molecule has 0 atom stereocenters. The van der Waals surface area contributed by atoms with E-state index in [0.29, 0.717) is 10.9 Å². The Labute approximate surface area is 112 Å². The highest BCUT2D eigenvalue weighted by atomic mass is 32.1. The molecule has 0 saturated heterocycles. The van der Waals surface area contributed by atoms with Gasteiger partial charge in [0, 0.05) is 0 Å². The fourth-order valence-corrected chi connectivity index (χ4v) is 2.01. The second-order valence-electron chi connectivity index (χ2n) is 3.90. The lowest BCUT2D eigenvalue weighted by Gasteiger charge is -2.08. The second kappa shape index (κ2) is 6.03. The molecular formula is C12H12F2N2O2S. The number of fused-ring (bicyclic) bond motifs is 1. The number of halogens is 2. The Hall–Kier alpha value is -1.60. The molecule has 0 saturated carbocycles. The first-order valence-electron chi connectivity index (χ1n) is 5.67. The normalized spacial score (nSPS) is 11.3. The summed E-state index contributed by atoms with van der Waals surface area (Å²) in [4.78, 5) is 15.1. The van der Waals surface area contributed by atoms with Crippen LogP contribution >= 0.6 is 12.2 Å². The van der Waals surface area contributed by atoms with E-state index in [4.69, 9.17) is 17.0 Å². The predicted molar refractivity (Wildman–Crippen MR) is 70.2 cm³/mol. The monoisotopic (exact) mass is 286 g/mol. The predicted octanol–water partition coefficient (Wildman–Crippen LogP) is 2.34. The molecule has 19 heavy (non-hydrogen) atoms. The summed E-state index contributed by atoms with van der Waals surface area (Å²) in [6.07, 6.45) is -2.51. The zero-order valence-electron chi connectivity index (χ0n) is 9.94. The van der Waals surface area contributed by atoms with Crippen LogP contribution in [0.2, 0.25) is 0 Å². The van der Waals surface area contributed by atoms with Crippen molar-refractivity contribution in [1.82, 2.24) is 9.55 Å². The van der Waals surface area contributed by atoms with E-state index >= 15 is 0 Å². The van der Waals surface area contributed by atoms with Crippen LogP contribution < -0.4 is 5.56 Å². The van der Waals surface area contributed by atoms with Gasteiger partial charge >= 0.3 is 0 Å². The Morgan fingerprint density at radius 2 is 2.11 bits per heavy atom. The fraction of sp³-hybridized carbons (Fsp3) is 0.333. The van der Waals surface area contributed by atoms with Crippen LogP contribution in [-0.2, 0) is 11.3 Å². The van der Waals surface area contributed by atoms with Gasteiger partial charge in [-0.05, 0) is 24.4 Å². The maximum atomic E-state index is 12.1. The SMILES string of the molecule is O=c1c2ccccc2[nH]c(=S)n1CCOCC(F)F. The van der Waals surface area contributed by atoms with Crippen LogP contribution in [0.15, 0.2) is 29.1 Å². The number of aromatic amines is 1. The van der Waals surface area contributed by atoms with Gasteiger partial charge in [0.25, 0.3) is 12.0 Å². The summed E-state index contributed by atoms with van der Waals surface area (Å²) in [6, 6.07) is 6.98. The highest BCUT2D eigenvalue weighted by molar-refractivity contribution is 7.71. The third-order valence-corrected chi connectivity index (χ3v) is 2.91. The lowest BCUT2D eigenvalue weighted by Crippen LogP contribution is -2.24. The topological polar surface area (TPSA) is 47.0 Å². The molecule has 0 aliphatic heterocycles. The molecule has 1 heterocycles. The van der Waals surface area contributed by atoms with Gasteiger partial charge in [0.2, 0.25) is 0 Å². The minimum absolute atomic E-state index is 0.0140. The number of rotatable bonds is 5. The molecule has 0 aliphatic carbocycles. The number of ether oxygens (including phenoxy) is 1. The molecule has 2 rings (SSSR count). The van der Waals surface area contributed by atoms with Crippen molar-refractivity contribution in [2.24, 2.45) is 0 Å². The van der Waals surface area contributed by atoms with E-state index in [0.717, 1.165) is 0 Å². The Bertz CT molecular complexity index is 681. The van der Waals surface area contributed by atoms with Crippen molar-refractivity contribution in [2.75, 3.05) is 13.2 Å². The van der Waals surface area contributed by atoms with Crippen molar-refractivity contribution in [3.63, 3.8) is 0 Å². The van der Waals surface area contributed by atoms with Crippen molar-refractivity contribution in [3.8, 4) is 0 Å². The van der Waals surface area contributed by atoms with Gasteiger partial charge in [-0.15, -0.1) is 0 Å². The summed E-state index contributed by atoms with van der Waals surface area (Å²) in [7, 11) is 0. The quantitative estimate of drug-likeness (QED) is 0.678. The molecule has 4 nitrogen and oxygen atoms in total. The number of hydrogen-bond acceptors (Lipinski definition) is 3. The first-order chi connectivity index (χ1) is 9.09. The molecule has 102 valence electrons. The van der Waals surface area contributed by atoms with Crippen LogP contribution in [0.5, 0.6) is 0 Å². The van der Waals surface area contributed by atoms with Crippen LogP contribution in [0.3, 0.4) is 0 Å². The van der Waals surface area contributed by atoms with Crippen LogP contribution in [0.25, 0.3) is 10.9 Å². The molecule has 0 spiro atoms. The van der Waals surface area contributed by atoms with Crippen molar-refractivity contribution in [2.45, 2.75) is 13.0 Å². The van der Waals surface area contributed by atoms with Crippen molar-refractivity contribution < 1.29 is 13.5 Å². The number of nitrogens with zero attached hydrogens (tertiary/aromatic N) is 1. The summed E-state index contributed by atoms with van der Waals surface area (Å²) < 4.78 is 30.1. The van der Waals surface area contributed by atoms with Gasteiger partial charge in [0.05, 0.1) is 24.1 Å². The molecule has 0 amide bonds. The largest absolute Gasteiger partial charge is 0.374 e. The van der Waals surface area contributed by atoms with E-state index < -0.39 is 13.0 Å². The smallest absolute Gasteiger partial charge is 0.262 e. The molecular weight excluding hydrogens is 274 g/mol. The van der Waals surface area contributed by atoms with E-state index in [1.54, 1.807) is 24.3 Å². The molecule has 0 fully saturated rings. The van der Waals surface area contributed by atoms with Crippen LogP contribution in [-0.4, -0.2) is 29.2 Å². The maximum Gasteiger partial charge on any atom is 0.262 e. The zero-order chi connectivity index (χ0) is 13.8. The number of H-pyrrole nitrogens is 1. The molecule has 0 bridgehead atoms.